The number of amides is 2. The molecule has 3 aliphatic heterocycles. The van der Waals surface area contributed by atoms with Crippen molar-refractivity contribution in [1.82, 2.24) is 19.6 Å². The van der Waals surface area contributed by atoms with E-state index < -0.39 is 0 Å². The largest absolute Gasteiger partial charge is 0.341 e. The maximum absolute atomic E-state index is 13.1. The minimum absolute atomic E-state index is 0.0854. The summed E-state index contributed by atoms with van der Waals surface area (Å²) in [4.78, 5) is 34.0. The summed E-state index contributed by atoms with van der Waals surface area (Å²) in [6, 6.07) is 8.48. The molecule has 0 N–H and O–H groups in total. The molecule has 0 bridgehead atoms. The third kappa shape index (κ3) is 4.64. The first-order valence-electron chi connectivity index (χ1n) is 10.9. The van der Waals surface area contributed by atoms with Gasteiger partial charge in [-0.05, 0) is 44.5 Å². The minimum atomic E-state index is 0.0854. The normalized spacial score (nSPS) is 25.1. The van der Waals surface area contributed by atoms with Crippen LogP contribution in [0, 0.1) is 5.41 Å². The molecule has 0 radical (unpaired) electrons. The molecule has 29 heavy (non-hydrogen) atoms. The zero-order valence-electron chi connectivity index (χ0n) is 17.9. The molecule has 0 unspecified atom stereocenters. The maximum Gasteiger partial charge on any atom is 0.236 e. The highest BCUT2D eigenvalue weighted by Gasteiger charge is 2.42. The Morgan fingerprint density at radius 1 is 1.10 bits per heavy atom. The molecule has 1 aromatic rings. The lowest BCUT2D eigenvalue weighted by molar-refractivity contribution is -0.143. The Balaban J connectivity index is 1.35. The monoisotopic (exact) mass is 398 g/mol. The second-order valence-electron chi connectivity index (χ2n) is 9.45. The minimum Gasteiger partial charge on any atom is -0.341 e. The summed E-state index contributed by atoms with van der Waals surface area (Å²) >= 11 is 0. The van der Waals surface area contributed by atoms with E-state index in [0.717, 1.165) is 65.1 Å². The van der Waals surface area contributed by atoms with Crippen molar-refractivity contribution < 1.29 is 9.59 Å². The van der Waals surface area contributed by atoms with E-state index in [0.29, 0.717) is 13.0 Å². The van der Waals surface area contributed by atoms with Crippen LogP contribution in [0.4, 0.5) is 0 Å². The second-order valence-corrected chi connectivity index (χ2v) is 9.45. The van der Waals surface area contributed by atoms with Gasteiger partial charge in [0, 0.05) is 57.6 Å². The van der Waals surface area contributed by atoms with Crippen LogP contribution in [0.2, 0.25) is 0 Å². The molecular weight excluding hydrogens is 364 g/mol. The molecule has 1 atom stereocenters. The van der Waals surface area contributed by atoms with Crippen LogP contribution in [-0.4, -0.2) is 84.8 Å². The van der Waals surface area contributed by atoms with Crippen molar-refractivity contribution in [3.8, 4) is 0 Å². The molecule has 4 rings (SSSR count). The van der Waals surface area contributed by atoms with E-state index in [1.54, 1.807) is 0 Å². The van der Waals surface area contributed by atoms with Crippen LogP contribution in [-0.2, 0) is 22.7 Å². The van der Waals surface area contributed by atoms with E-state index in [-0.39, 0.29) is 17.2 Å². The van der Waals surface area contributed by atoms with Gasteiger partial charge in [0.1, 0.15) is 0 Å². The first kappa shape index (κ1) is 20.4. The Bertz CT molecular complexity index is 740. The summed E-state index contributed by atoms with van der Waals surface area (Å²) in [5.41, 5.74) is 2.78. The topological polar surface area (TPSA) is 47.1 Å². The van der Waals surface area contributed by atoms with Gasteiger partial charge in [0.25, 0.3) is 0 Å². The van der Waals surface area contributed by atoms with Crippen LogP contribution < -0.4 is 0 Å². The van der Waals surface area contributed by atoms with E-state index in [1.807, 2.05) is 19.0 Å². The Labute approximate surface area is 174 Å². The van der Waals surface area contributed by atoms with Crippen LogP contribution >= 0.6 is 0 Å². The predicted molar refractivity (Wildman–Crippen MR) is 113 cm³/mol. The smallest absolute Gasteiger partial charge is 0.236 e. The zero-order chi connectivity index (χ0) is 20.4. The Morgan fingerprint density at radius 2 is 1.83 bits per heavy atom. The first-order chi connectivity index (χ1) is 13.9. The van der Waals surface area contributed by atoms with Crippen molar-refractivity contribution in [3.05, 3.63) is 35.4 Å². The molecule has 0 aliphatic carbocycles. The number of piperidine rings is 2. The van der Waals surface area contributed by atoms with E-state index in [9.17, 15) is 9.59 Å². The van der Waals surface area contributed by atoms with Gasteiger partial charge in [0.2, 0.25) is 11.8 Å². The van der Waals surface area contributed by atoms with Crippen molar-refractivity contribution in [2.24, 2.45) is 5.41 Å². The molecule has 3 heterocycles. The molecule has 2 saturated heterocycles. The first-order valence-corrected chi connectivity index (χ1v) is 10.9. The van der Waals surface area contributed by atoms with Gasteiger partial charge in [-0.2, -0.15) is 0 Å². The molecule has 0 aromatic heterocycles. The number of hydrogen-bond donors (Lipinski definition) is 0. The summed E-state index contributed by atoms with van der Waals surface area (Å²) in [6.07, 6.45) is 3.71. The second kappa shape index (κ2) is 8.44. The standard InChI is InChI=1S/C23H34N4O2/c1-24(2)12-13-27-18-23(10-8-21(27)28)9-5-11-26(17-23)22(29)16-25-14-19-6-3-4-7-20(19)15-25/h3-4,6-7H,5,8-18H2,1-2H3/t23-/m1/s1. The van der Waals surface area contributed by atoms with Gasteiger partial charge in [-0.3, -0.25) is 14.5 Å². The molecule has 1 spiro atoms. The fraction of sp³-hybridized carbons (Fsp3) is 0.652. The summed E-state index contributed by atoms with van der Waals surface area (Å²) in [6.45, 7) is 6.37. The quantitative estimate of drug-likeness (QED) is 0.759. The summed E-state index contributed by atoms with van der Waals surface area (Å²) in [5.74, 6) is 0.518. The van der Waals surface area contributed by atoms with Crippen molar-refractivity contribution in [2.75, 3.05) is 53.4 Å². The van der Waals surface area contributed by atoms with Crippen LogP contribution in [0.3, 0.4) is 0 Å². The Kier molecular flexibility index (Phi) is 5.93. The van der Waals surface area contributed by atoms with Crippen LogP contribution in [0.1, 0.15) is 36.8 Å². The molecule has 1 aromatic carbocycles. The van der Waals surface area contributed by atoms with Crippen LogP contribution in [0.5, 0.6) is 0 Å². The third-order valence-corrected chi connectivity index (χ3v) is 6.84. The lowest BCUT2D eigenvalue weighted by Crippen LogP contribution is -2.56. The van der Waals surface area contributed by atoms with Crippen molar-refractivity contribution in [2.45, 2.75) is 38.8 Å². The highest BCUT2D eigenvalue weighted by atomic mass is 16.2. The van der Waals surface area contributed by atoms with Gasteiger partial charge in [0.15, 0.2) is 0 Å². The van der Waals surface area contributed by atoms with Crippen LogP contribution in [0.25, 0.3) is 0 Å². The number of nitrogens with zero attached hydrogens (tertiary/aromatic N) is 4. The highest BCUT2D eigenvalue weighted by Crippen LogP contribution is 2.39. The van der Waals surface area contributed by atoms with Gasteiger partial charge in [-0.15, -0.1) is 0 Å². The number of rotatable bonds is 5. The fourth-order valence-electron chi connectivity index (χ4n) is 5.19. The Hall–Kier alpha value is -1.92. The highest BCUT2D eigenvalue weighted by molar-refractivity contribution is 5.79. The summed E-state index contributed by atoms with van der Waals surface area (Å²) < 4.78 is 0. The van der Waals surface area contributed by atoms with E-state index in [2.05, 4.69) is 39.0 Å². The van der Waals surface area contributed by atoms with E-state index in [4.69, 9.17) is 0 Å². The molecule has 6 nitrogen and oxygen atoms in total. The summed E-state index contributed by atoms with van der Waals surface area (Å²) in [5, 5.41) is 0. The molecule has 6 heteroatoms. The van der Waals surface area contributed by atoms with Crippen LogP contribution in [0.15, 0.2) is 24.3 Å². The lowest BCUT2D eigenvalue weighted by Gasteiger charge is -2.48. The number of carbonyl (C=O) groups is 2. The number of benzene rings is 1. The van der Waals surface area contributed by atoms with Gasteiger partial charge in [-0.25, -0.2) is 0 Å². The molecule has 0 saturated carbocycles. The predicted octanol–water partition coefficient (Wildman–Crippen LogP) is 1.80. The zero-order valence-corrected chi connectivity index (χ0v) is 17.9. The molecule has 3 aliphatic rings. The number of likely N-dealkylation sites (N-methyl/N-ethyl adjacent to an activating group) is 1. The molecule has 158 valence electrons. The number of fused-ring (bicyclic) bond motifs is 1. The van der Waals surface area contributed by atoms with Crippen molar-refractivity contribution >= 4 is 11.8 Å². The number of hydrogen-bond acceptors (Lipinski definition) is 4. The van der Waals surface area contributed by atoms with Gasteiger partial charge < -0.3 is 14.7 Å². The molecular formula is C23H34N4O2. The number of carbonyl (C=O) groups excluding carboxylic acids is 2. The molecule has 2 fully saturated rings. The van der Waals surface area contributed by atoms with E-state index >= 15 is 0 Å². The van der Waals surface area contributed by atoms with Crippen molar-refractivity contribution in [1.29, 1.82) is 0 Å². The maximum atomic E-state index is 13.1. The fourth-order valence-corrected chi connectivity index (χ4v) is 5.19. The lowest BCUT2D eigenvalue weighted by atomic mass is 9.73. The number of likely N-dealkylation sites (tertiary alicyclic amines) is 2. The van der Waals surface area contributed by atoms with E-state index in [1.165, 1.54) is 11.1 Å². The van der Waals surface area contributed by atoms with Gasteiger partial charge in [-0.1, -0.05) is 24.3 Å². The van der Waals surface area contributed by atoms with Crippen molar-refractivity contribution in [3.63, 3.8) is 0 Å². The third-order valence-electron chi connectivity index (χ3n) is 6.84. The Morgan fingerprint density at radius 3 is 2.52 bits per heavy atom. The summed E-state index contributed by atoms with van der Waals surface area (Å²) in [7, 11) is 4.09. The van der Waals surface area contributed by atoms with Gasteiger partial charge >= 0.3 is 0 Å². The van der Waals surface area contributed by atoms with Gasteiger partial charge in [0.05, 0.1) is 6.54 Å². The SMILES string of the molecule is CN(C)CCN1C[C@]2(CCCN(C(=O)CN3Cc4ccccc4C3)C2)CCC1=O. The molecule has 2 amide bonds. The average molecular weight is 399 g/mol. The average Bonchev–Trinajstić information content (AvgIpc) is 3.11.